The minimum absolute atomic E-state index is 0.123. The van der Waals surface area contributed by atoms with Crippen molar-refractivity contribution in [1.82, 2.24) is 10.2 Å². The molecule has 0 aromatic heterocycles. The van der Waals surface area contributed by atoms with Crippen LogP contribution in [0.2, 0.25) is 0 Å². The van der Waals surface area contributed by atoms with Crippen molar-refractivity contribution in [1.29, 1.82) is 0 Å². The lowest BCUT2D eigenvalue weighted by Crippen LogP contribution is -2.31. The maximum Gasteiger partial charge on any atom is 0.253 e. The highest BCUT2D eigenvalue weighted by Crippen LogP contribution is 2.36. The zero-order valence-electron chi connectivity index (χ0n) is 14.5. The average molecular weight is 336 g/mol. The van der Waals surface area contributed by atoms with E-state index >= 15 is 0 Å². The van der Waals surface area contributed by atoms with Crippen LogP contribution in [0.4, 0.5) is 0 Å². The third-order valence-electron chi connectivity index (χ3n) is 5.54. The Morgan fingerprint density at radius 3 is 2.84 bits per heavy atom. The van der Waals surface area contributed by atoms with Gasteiger partial charge in [-0.15, -0.1) is 0 Å². The van der Waals surface area contributed by atoms with Gasteiger partial charge in [0.2, 0.25) is 0 Å². The SMILES string of the molecule is CN1C[C@@H]2CNC[C@H]2c2ccc(-c3cccc(CCO)c3)cc2C1=O. The number of nitrogens with zero attached hydrogens (tertiary/aromatic N) is 1. The molecule has 2 atom stereocenters. The summed E-state index contributed by atoms with van der Waals surface area (Å²) in [6.07, 6.45) is 0.649. The fraction of sp³-hybridized carbons (Fsp3) is 0.381. The van der Waals surface area contributed by atoms with E-state index in [9.17, 15) is 4.79 Å². The number of aliphatic hydroxyl groups excluding tert-OH is 1. The molecular formula is C21H24N2O2. The lowest BCUT2D eigenvalue weighted by Gasteiger charge is -2.19. The summed E-state index contributed by atoms with van der Waals surface area (Å²) >= 11 is 0. The van der Waals surface area contributed by atoms with Gasteiger partial charge in [-0.1, -0.05) is 36.4 Å². The molecule has 2 aliphatic heterocycles. The van der Waals surface area contributed by atoms with Gasteiger partial charge in [0.05, 0.1) is 0 Å². The average Bonchev–Trinajstić information content (AvgIpc) is 3.05. The van der Waals surface area contributed by atoms with Crippen LogP contribution >= 0.6 is 0 Å². The van der Waals surface area contributed by atoms with Gasteiger partial charge in [0.1, 0.15) is 0 Å². The highest BCUT2D eigenvalue weighted by atomic mass is 16.3. The Bertz CT molecular complexity index is 802. The van der Waals surface area contributed by atoms with E-state index in [0.717, 1.165) is 41.9 Å². The van der Waals surface area contributed by atoms with Crippen LogP contribution in [0.5, 0.6) is 0 Å². The number of amides is 1. The molecule has 0 aliphatic carbocycles. The van der Waals surface area contributed by atoms with Crippen LogP contribution in [0.25, 0.3) is 11.1 Å². The smallest absolute Gasteiger partial charge is 0.253 e. The molecule has 1 fully saturated rings. The Morgan fingerprint density at radius 1 is 1.16 bits per heavy atom. The summed E-state index contributed by atoms with van der Waals surface area (Å²) in [6, 6.07) is 14.5. The van der Waals surface area contributed by atoms with E-state index in [2.05, 4.69) is 29.6 Å². The molecule has 2 aromatic carbocycles. The van der Waals surface area contributed by atoms with Gasteiger partial charge in [0.25, 0.3) is 5.91 Å². The zero-order chi connectivity index (χ0) is 17.4. The first-order chi connectivity index (χ1) is 12.2. The van der Waals surface area contributed by atoms with E-state index in [4.69, 9.17) is 5.11 Å². The highest BCUT2D eigenvalue weighted by Gasteiger charge is 2.36. The molecule has 2 heterocycles. The molecule has 4 nitrogen and oxygen atoms in total. The number of carbonyl (C=O) groups is 1. The maximum atomic E-state index is 12.9. The third kappa shape index (κ3) is 2.96. The molecule has 0 unspecified atom stereocenters. The number of rotatable bonds is 3. The van der Waals surface area contributed by atoms with E-state index in [0.29, 0.717) is 18.3 Å². The minimum atomic E-state index is 0.123. The van der Waals surface area contributed by atoms with Crippen LogP contribution in [-0.2, 0) is 6.42 Å². The summed E-state index contributed by atoms with van der Waals surface area (Å²) in [6.45, 7) is 2.89. The van der Waals surface area contributed by atoms with Crippen molar-refractivity contribution in [3.8, 4) is 11.1 Å². The second-order valence-corrected chi connectivity index (χ2v) is 7.19. The third-order valence-corrected chi connectivity index (χ3v) is 5.54. The van der Waals surface area contributed by atoms with Crippen LogP contribution in [0, 0.1) is 5.92 Å². The molecule has 1 amide bonds. The Labute approximate surface area is 148 Å². The van der Waals surface area contributed by atoms with Gasteiger partial charge >= 0.3 is 0 Å². The molecule has 0 bridgehead atoms. The largest absolute Gasteiger partial charge is 0.396 e. The molecule has 2 N–H and O–H groups in total. The van der Waals surface area contributed by atoms with E-state index in [-0.39, 0.29) is 12.5 Å². The first kappa shape index (κ1) is 16.3. The molecule has 0 saturated carbocycles. The van der Waals surface area contributed by atoms with E-state index in [1.165, 1.54) is 5.56 Å². The molecular weight excluding hydrogens is 312 g/mol. The molecule has 2 aromatic rings. The van der Waals surface area contributed by atoms with Crippen molar-refractivity contribution in [2.75, 3.05) is 33.3 Å². The quantitative estimate of drug-likeness (QED) is 0.904. The van der Waals surface area contributed by atoms with Crippen molar-refractivity contribution in [3.63, 3.8) is 0 Å². The minimum Gasteiger partial charge on any atom is -0.396 e. The molecule has 130 valence electrons. The predicted molar refractivity (Wildman–Crippen MR) is 98.7 cm³/mol. The number of hydrogen-bond donors (Lipinski definition) is 2. The summed E-state index contributed by atoms with van der Waals surface area (Å²) in [5.41, 5.74) is 5.28. The standard InChI is InChI=1S/C21H24N2O2/c1-23-13-17-11-22-12-20(17)18-6-5-16(10-19(18)21(23)25)15-4-2-3-14(9-15)7-8-24/h2-6,9-10,17,20,22,24H,7-8,11-13H2,1H3/t17-,20+/m0/s1. The van der Waals surface area contributed by atoms with Crippen LogP contribution < -0.4 is 5.32 Å². The van der Waals surface area contributed by atoms with Gasteiger partial charge in [-0.25, -0.2) is 0 Å². The first-order valence-corrected chi connectivity index (χ1v) is 8.97. The summed E-state index contributed by atoms with van der Waals surface area (Å²) in [5.74, 6) is 1.03. The van der Waals surface area contributed by atoms with Crippen molar-refractivity contribution >= 4 is 5.91 Å². The second-order valence-electron chi connectivity index (χ2n) is 7.19. The number of carbonyl (C=O) groups excluding carboxylic acids is 1. The fourth-order valence-electron chi connectivity index (χ4n) is 4.21. The zero-order valence-corrected chi connectivity index (χ0v) is 14.5. The van der Waals surface area contributed by atoms with Gasteiger partial charge in [-0.3, -0.25) is 4.79 Å². The number of fused-ring (bicyclic) bond motifs is 3. The Morgan fingerprint density at radius 2 is 2.00 bits per heavy atom. The fourth-order valence-corrected chi connectivity index (χ4v) is 4.21. The molecule has 4 heteroatoms. The Balaban J connectivity index is 1.77. The first-order valence-electron chi connectivity index (χ1n) is 8.97. The van der Waals surface area contributed by atoms with Crippen LogP contribution in [0.15, 0.2) is 42.5 Å². The van der Waals surface area contributed by atoms with Gasteiger partial charge in [0.15, 0.2) is 0 Å². The summed E-state index contributed by atoms with van der Waals surface area (Å²) in [7, 11) is 1.90. The second kappa shape index (κ2) is 6.62. The maximum absolute atomic E-state index is 12.9. The molecule has 0 spiro atoms. The van der Waals surface area contributed by atoms with Gasteiger partial charge in [0, 0.05) is 44.8 Å². The monoisotopic (exact) mass is 336 g/mol. The van der Waals surface area contributed by atoms with E-state index < -0.39 is 0 Å². The van der Waals surface area contributed by atoms with Crippen molar-refractivity contribution < 1.29 is 9.90 Å². The van der Waals surface area contributed by atoms with E-state index in [1.807, 2.05) is 30.1 Å². The molecule has 2 aliphatic rings. The summed E-state index contributed by atoms with van der Waals surface area (Å²) in [4.78, 5) is 14.8. The van der Waals surface area contributed by atoms with E-state index in [1.54, 1.807) is 0 Å². The van der Waals surface area contributed by atoms with Gasteiger partial charge < -0.3 is 15.3 Å². The summed E-state index contributed by atoms with van der Waals surface area (Å²) in [5, 5.41) is 12.6. The molecule has 0 radical (unpaired) electrons. The molecule has 25 heavy (non-hydrogen) atoms. The predicted octanol–water partition coefficient (Wildman–Crippen LogP) is 2.28. The van der Waals surface area contributed by atoms with Crippen LogP contribution in [0.1, 0.15) is 27.4 Å². The topological polar surface area (TPSA) is 52.6 Å². The van der Waals surface area contributed by atoms with Crippen molar-refractivity contribution in [2.24, 2.45) is 5.92 Å². The molecule has 4 rings (SSSR count). The number of aliphatic hydroxyl groups is 1. The Hall–Kier alpha value is -2.17. The Kier molecular flexibility index (Phi) is 4.32. The number of nitrogens with one attached hydrogen (secondary N) is 1. The highest BCUT2D eigenvalue weighted by molar-refractivity contribution is 5.97. The lowest BCUT2D eigenvalue weighted by atomic mass is 9.86. The summed E-state index contributed by atoms with van der Waals surface area (Å²) < 4.78 is 0. The number of benzene rings is 2. The number of hydrogen-bond acceptors (Lipinski definition) is 3. The van der Waals surface area contributed by atoms with Crippen molar-refractivity contribution in [3.05, 3.63) is 59.2 Å². The lowest BCUT2D eigenvalue weighted by molar-refractivity contribution is 0.0784. The van der Waals surface area contributed by atoms with Crippen LogP contribution in [0.3, 0.4) is 0 Å². The van der Waals surface area contributed by atoms with Gasteiger partial charge in [-0.05, 0) is 40.7 Å². The van der Waals surface area contributed by atoms with Gasteiger partial charge in [-0.2, -0.15) is 0 Å². The normalized spacial score (nSPS) is 22.5. The molecule has 1 saturated heterocycles. The van der Waals surface area contributed by atoms with Crippen molar-refractivity contribution in [2.45, 2.75) is 12.3 Å². The van der Waals surface area contributed by atoms with Crippen LogP contribution in [-0.4, -0.2) is 49.2 Å².